The van der Waals surface area contributed by atoms with E-state index in [9.17, 15) is 8.78 Å². The van der Waals surface area contributed by atoms with Crippen LogP contribution < -0.4 is 10.5 Å². The van der Waals surface area contributed by atoms with E-state index in [1.165, 1.54) is 18.2 Å². The molecule has 0 saturated carbocycles. The van der Waals surface area contributed by atoms with Crippen LogP contribution in [0.5, 0.6) is 11.5 Å². The summed E-state index contributed by atoms with van der Waals surface area (Å²) in [6, 6.07) is 10.4. The fourth-order valence-corrected chi connectivity index (χ4v) is 1.81. The summed E-state index contributed by atoms with van der Waals surface area (Å²) in [5, 5.41) is 0. The zero-order valence-electron chi connectivity index (χ0n) is 10.6. The molecule has 0 heterocycles. The largest absolute Gasteiger partial charge is 0.451 e. The monoisotopic (exact) mass is 263 g/mol. The second kappa shape index (κ2) is 5.80. The van der Waals surface area contributed by atoms with Crippen LogP contribution in [0.25, 0.3) is 0 Å². The molecule has 100 valence electrons. The lowest BCUT2D eigenvalue weighted by molar-refractivity contribution is 0.408. The number of para-hydroxylation sites is 2. The summed E-state index contributed by atoms with van der Waals surface area (Å²) in [6.45, 7) is 1.82. The van der Waals surface area contributed by atoms with Crippen molar-refractivity contribution in [1.82, 2.24) is 0 Å². The van der Waals surface area contributed by atoms with E-state index in [4.69, 9.17) is 10.5 Å². The van der Waals surface area contributed by atoms with E-state index in [2.05, 4.69) is 0 Å². The van der Waals surface area contributed by atoms with E-state index in [1.807, 2.05) is 6.92 Å². The molecule has 2 N–H and O–H groups in total. The highest BCUT2D eigenvalue weighted by Gasteiger charge is 2.14. The van der Waals surface area contributed by atoms with Gasteiger partial charge in [-0.15, -0.1) is 0 Å². The molecular formula is C15H15F2NO. The highest BCUT2D eigenvalue weighted by Crippen LogP contribution is 2.30. The number of halogens is 2. The van der Waals surface area contributed by atoms with Crippen molar-refractivity contribution in [2.75, 3.05) is 0 Å². The molecular weight excluding hydrogens is 248 g/mol. The molecule has 0 aliphatic heterocycles. The summed E-state index contributed by atoms with van der Waals surface area (Å²) in [4.78, 5) is 0. The molecule has 4 heteroatoms. The smallest absolute Gasteiger partial charge is 0.166 e. The molecule has 0 aromatic heterocycles. The molecule has 0 aliphatic carbocycles. The van der Waals surface area contributed by atoms with Gasteiger partial charge in [0, 0.05) is 6.04 Å². The van der Waals surface area contributed by atoms with Gasteiger partial charge in [-0.05, 0) is 37.1 Å². The SMILES string of the molecule is CC(N)Cc1cccc(F)c1Oc1ccccc1F. The summed E-state index contributed by atoms with van der Waals surface area (Å²) in [5.41, 5.74) is 6.34. The van der Waals surface area contributed by atoms with Gasteiger partial charge in [0.15, 0.2) is 23.1 Å². The molecule has 0 amide bonds. The Morgan fingerprint density at radius 3 is 2.42 bits per heavy atom. The average Bonchev–Trinajstić information content (AvgIpc) is 2.35. The molecule has 0 aliphatic rings. The van der Waals surface area contributed by atoms with Crippen molar-refractivity contribution < 1.29 is 13.5 Å². The molecule has 2 nitrogen and oxygen atoms in total. The Bertz CT molecular complexity index is 570. The van der Waals surface area contributed by atoms with Crippen molar-refractivity contribution in [3.8, 4) is 11.5 Å². The lowest BCUT2D eigenvalue weighted by atomic mass is 10.1. The Morgan fingerprint density at radius 2 is 1.74 bits per heavy atom. The van der Waals surface area contributed by atoms with Crippen LogP contribution in [-0.4, -0.2) is 6.04 Å². The normalized spacial score (nSPS) is 12.2. The maximum absolute atomic E-state index is 13.8. The highest BCUT2D eigenvalue weighted by atomic mass is 19.1. The zero-order chi connectivity index (χ0) is 13.8. The van der Waals surface area contributed by atoms with E-state index in [0.717, 1.165) is 0 Å². The number of hydrogen-bond donors (Lipinski definition) is 1. The number of hydrogen-bond acceptors (Lipinski definition) is 2. The predicted octanol–water partition coefficient (Wildman–Crippen LogP) is 3.65. The van der Waals surface area contributed by atoms with Crippen LogP contribution in [0.3, 0.4) is 0 Å². The van der Waals surface area contributed by atoms with Gasteiger partial charge in [-0.1, -0.05) is 24.3 Å². The molecule has 19 heavy (non-hydrogen) atoms. The Kier molecular flexibility index (Phi) is 4.12. The molecule has 0 spiro atoms. The Balaban J connectivity index is 2.36. The Labute approximate surface area is 110 Å². The van der Waals surface area contributed by atoms with Gasteiger partial charge in [0.05, 0.1) is 0 Å². The summed E-state index contributed by atoms with van der Waals surface area (Å²) >= 11 is 0. The van der Waals surface area contributed by atoms with Crippen molar-refractivity contribution >= 4 is 0 Å². The molecule has 0 radical (unpaired) electrons. The van der Waals surface area contributed by atoms with Gasteiger partial charge in [-0.2, -0.15) is 0 Å². The molecule has 0 bridgehead atoms. The first kappa shape index (κ1) is 13.5. The van der Waals surface area contributed by atoms with Crippen LogP contribution >= 0.6 is 0 Å². The van der Waals surface area contributed by atoms with Crippen molar-refractivity contribution in [3.05, 3.63) is 59.7 Å². The number of rotatable bonds is 4. The van der Waals surface area contributed by atoms with Gasteiger partial charge in [-0.3, -0.25) is 0 Å². The summed E-state index contributed by atoms with van der Waals surface area (Å²) in [5.74, 6) is -1.03. The van der Waals surface area contributed by atoms with Crippen LogP contribution in [0.15, 0.2) is 42.5 Å². The minimum Gasteiger partial charge on any atom is -0.451 e. The van der Waals surface area contributed by atoms with Crippen LogP contribution in [0.1, 0.15) is 12.5 Å². The first-order valence-electron chi connectivity index (χ1n) is 6.03. The Morgan fingerprint density at radius 1 is 1.05 bits per heavy atom. The fourth-order valence-electron chi connectivity index (χ4n) is 1.81. The first-order chi connectivity index (χ1) is 9.08. The second-order valence-electron chi connectivity index (χ2n) is 4.44. The number of nitrogens with two attached hydrogens (primary N) is 1. The van der Waals surface area contributed by atoms with E-state index in [1.54, 1.807) is 24.3 Å². The predicted molar refractivity (Wildman–Crippen MR) is 70.2 cm³/mol. The van der Waals surface area contributed by atoms with Crippen molar-refractivity contribution in [2.24, 2.45) is 5.73 Å². The summed E-state index contributed by atoms with van der Waals surface area (Å²) in [7, 11) is 0. The molecule has 0 saturated heterocycles. The van der Waals surface area contributed by atoms with Crippen molar-refractivity contribution in [1.29, 1.82) is 0 Å². The Hall–Kier alpha value is -1.94. The standard InChI is InChI=1S/C15H15F2NO/c1-10(18)9-11-5-4-7-13(17)15(11)19-14-8-3-2-6-12(14)16/h2-8,10H,9,18H2,1H3. The maximum Gasteiger partial charge on any atom is 0.166 e. The van der Waals surface area contributed by atoms with Gasteiger partial charge in [0.25, 0.3) is 0 Å². The molecule has 1 atom stereocenters. The third kappa shape index (κ3) is 3.29. The van der Waals surface area contributed by atoms with Crippen LogP contribution in [0, 0.1) is 11.6 Å². The summed E-state index contributed by atoms with van der Waals surface area (Å²) in [6.07, 6.45) is 0.460. The minimum atomic E-state index is -0.530. The van der Waals surface area contributed by atoms with Gasteiger partial charge >= 0.3 is 0 Å². The van der Waals surface area contributed by atoms with E-state index in [0.29, 0.717) is 12.0 Å². The quantitative estimate of drug-likeness (QED) is 0.913. The van der Waals surface area contributed by atoms with E-state index < -0.39 is 11.6 Å². The molecule has 2 aromatic carbocycles. The van der Waals surface area contributed by atoms with E-state index in [-0.39, 0.29) is 17.5 Å². The van der Waals surface area contributed by atoms with Crippen LogP contribution in [0.2, 0.25) is 0 Å². The van der Waals surface area contributed by atoms with Crippen molar-refractivity contribution in [3.63, 3.8) is 0 Å². The van der Waals surface area contributed by atoms with Gasteiger partial charge < -0.3 is 10.5 Å². The average molecular weight is 263 g/mol. The minimum absolute atomic E-state index is 0.00137. The van der Waals surface area contributed by atoms with Gasteiger partial charge in [0.2, 0.25) is 0 Å². The van der Waals surface area contributed by atoms with E-state index >= 15 is 0 Å². The van der Waals surface area contributed by atoms with Gasteiger partial charge in [-0.25, -0.2) is 8.78 Å². The number of benzene rings is 2. The maximum atomic E-state index is 13.8. The number of ether oxygens (including phenoxy) is 1. The lowest BCUT2D eigenvalue weighted by Gasteiger charge is -2.14. The summed E-state index contributed by atoms with van der Waals surface area (Å²) < 4.78 is 32.7. The molecule has 0 fully saturated rings. The highest BCUT2D eigenvalue weighted by molar-refractivity contribution is 5.39. The zero-order valence-corrected chi connectivity index (χ0v) is 10.6. The third-order valence-corrected chi connectivity index (χ3v) is 2.64. The molecule has 2 rings (SSSR count). The fraction of sp³-hybridized carbons (Fsp3) is 0.200. The van der Waals surface area contributed by atoms with Gasteiger partial charge in [0.1, 0.15) is 0 Å². The lowest BCUT2D eigenvalue weighted by Crippen LogP contribution is -2.18. The molecule has 1 unspecified atom stereocenters. The van der Waals surface area contributed by atoms with Crippen molar-refractivity contribution in [2.45, 2.75) is 19.4 Å². The third-order valence-electron chi connectivity index (χ3n) is 2.64. The van der Waals surface area contributed by atoms with Crippen LogP contribution in [-0.2, 0) is 6.42 Å². The first-order valence-corrected chi connectivity index (χ1v) is 6.03. The second-order valence-corrected chi connectivity index (χ2v) is 4.44. The van der Waals surface area contributed by atoms with Crippen LogP contribution in [0.4, 0.5) is 8.78 Å². The molecule has 2 aromatic rings. The topological polar surface area (TPSA) is 35.2 Å².